The Labute approximate surface area is 125 Å². The van der Waals surface area contributed by atoms with E-state index < -0.39 is 10.0 Å². The Balaban J connectivity index is 2.36. The van der Waals surface area contributed by atoms with Gasteiger partial charge in [0.05, 0.1) is 4.90 Å². The first-order valence-corrected chi connectivity index (χ1v) is 8.52. The van der Waals surface area contributed by atoms with Crippen LogP contribution in [0, 0.1) is 6.92 Å². The Kier molecular flexibility index (Phi) is 4.77. The van der Waals surface area contributed by atoms with Crippen LogP contribution >= 0.6 is 0 Å². The van der Waals surface area contributed by atoms with Crippen molar-refractivity contribution in [3.63, 3.8) is 0 Å². The topological polar surface area (TPSA) is 66.8 Å². The molecule has 0 radical (unpaired) electrons. The van der Waals surface area contributed by atoms with Crippen molar-refractivity contribution in [3.8, 4) is 0 Å². The maximum absolute atomic E-state index is 12.3. The predicted molar refractivity (Wildman–Crippen MR) is 81.9 cm³/mol. The van der Waals surface area contributed by atoms with Gasteiger partial charge in [-0.15, -0.1) is 4.40 Å². The Morgan fingerprint density at radius 2 is 1.67 bits per heavy atom. The van der Waals surface area contributed by atoms with Crippen molar-refractivity contribution < 1.29 is 13.2 Å². The van der Waals surface area contributed by atoms with Crippen molar-refractivity contribution in [2.24, 2.45) is 4.40 Å². The molecule has 1 aromatic carbocycles. The smallest absolute Gasteiger partial charge is 0.284 e. The van der Waals surface area contributed by atoms with Gasteiger partial charge in [0.15, 0.2) is 11.6 Å². The van der Waals surface area contributed by atoms with Gasteiger partial charge in [0.25, 0.3) is 10.0 Å². The van der Waals surface area contributed by atoms with Gasteiger partial charge in [0.2, 0.25) is 0 Å². The first-order chi connectivity index (χ1) is 9.90. The van der Waals surface area contributed by atoms with Gasteiger partial charge in [-0.3, -0.25) is 4.79 Å². The number of nitrogens with zero attached hydrogens (tertiary/aromatic N) is 2. The van der Waals surface area contributed by atoms with E-state index in [1.54, 1.807) is 17.0 Å². The summed E-state index contributed by atoms with van der Waals surface area (Å²) in [5, 5.41) is 0. The van der Waals surface area contributed by atoms with Crippen molar-refractivity contribution in [1.82, 2.24) is 4.90 Å². The number of carbonyl (C=O) groups is 1. The Hall–Kier alpha value is -1.69. The molecule has 1 aliphatic heterocycles. The van der Waals surface area contributed by atoms with Crippen molar-refractivity contribution in [3.05, 3.63) is 29.8 Å². The quantitative estimate of drug-likeness (QED) is 0.634. The molecule has 0 bridgehead atoms. The molecular weight excluding hydrogens is 288 g/mol. The fourth-order valence-corrected chi connectivity index (χ4v) is 3.38. The number of hydrogen-bond acceptors (Lipinski definition) is 3. The van der Waals surface area contributed by atoms with Crippen molar-refractivity contribution in [1.29, 1.82) is 0 Å². The summed E-state index contributed by atoms with van der Waals surface area (Å²) >= 11 is 0. The molecule has 21 heavy (non-hydrogen) atoms. The minimum atomic E-state index is -3.85. The monoisotopic (exact) mass is 308 g/mol. The van der Waals surface area contributed by atoms with E-state index in [0.717, 1.165) is 24.8 Å². The summed E-state index contributed by atoms with van der Waals surface area (Å²) in [7, 11) is -3.85. The first kappa shape index (κ1) is 15.7. The van der Waals surface area contributed by atoms with Gasteiger partial charge in [0.1, 0.15) is 0 Å². The molecule has 2 rings (SSSR count). The molecule has 0 saturated carbocycles. The highest BCUT2D eigenvalue weighted by Gasteiger charge is 2.22. The standard InChI is InChI=1S/C15H20N2O3S/c1-12-6-8-14(9-7-12)21(19,20)16-15(13(2)18)17-10-4-3-5-11-17/h6-9H,3-5,10-11H2,1-2H3/b16-15+. The summed E-state index contributed by atoms with van der Waals surface area (Å²) in [6.45, 7) is 4.61. The lowest BCUT2D eigenvalue weighted by Gasteiger charge is -2.28. The average Bonchev–Trinajstić information content (AvgIpc) is 2.46. The van der Waals surface area contributed by atoms with Crippen molar-refractivity contribution in [2.45, 2.75) is 38.0 Å². The summed E-state index contributed by atoms with van der Waals surface area (Å²) in [5.74, 6) is -0.261. The number of likely N-dealkylation sites (tertiary alicyclic amines) is 1. The largest absolute Gasteiger partial charge is 0.353 e. The number of piperidine rings is 1. The maximum Gasteiger partial charge on any atom is 0.284 e. The van der Waals surface area contributed by atoms with E-state index in [9.17, 15) is 13.2 Å². The lowest BCUT2D eigenvalue weighted by atomic mass is 10.1. The summed E-state index contributed by atoms with van der Waals surface area (Å²) in [6, 6.07) is 6.47. The zero-order chi connectivity index (χ0) is 15.5. The van der Waals surface area contributed by atoms with Gasteiger partial charge in [-0.05, 0) is 38.3 Å². The van der Waals surface area contributed by atoms with Gasteiger partial charge in [-0.1, -0.05) is 17.7 Å². The summed E-state index contributed by atoms with van der Waals surface area (Å²) in [6.07, 6.45) is 3.01. The highest BCUT2D eigenvalue weighted by atomic mass is 32.2. The van der Waals surface area contributed by atoms with E-state index in [2.05, 4.69) is 4.40 Å². The molecule has 6 heteroatoms. The summed E-state index contributed by atoms with van der Waals surface area (Å²) in [5.41, 5.74) is 0.973. The molecule has 0 amide bonds. The number of ketones is 1. The van der Waals surface area contributed by atoms with E-state index in [1.165, 1.54) is 19.1 Å². The molecule has 0 N–H and O–H groups in total. The van der Waals surface area contributed by atoms with Crippen LogP contribution in [0.15, 0.2) is 33.6 Å². The third-order valence-corrected chi connectivity index (χ3v) is 4.78. The van der Waals surface area contributed by atoms with E-state index in [-0.39, 0.29) is 16.5 Å². The molecule has 0 spiro atoms. The highest BCUT2D eigenvalue weighted by molar-refractivity contribution is 7.90. The van der Waals surface area contributed by atoms with Crippen LogP contribution in [-0.4, -0.2) is 38.0 Å². The highest BCUT2D eigenvalue weighted by Crippen LogP contribution is 2.16. The lowest BCUT2D eigenvalue weighted by Crippen LogP contribution is -2.39. The van der Waals surface area contributed by atoms with E-state index in [0.29, 0.717) is 13.1 Å². The van der Waals surface area contributed by atoms with Gasteiger partial charge < -0.3 is 4.90 Å². The van der Waals surface area contributed by atoms with Crippen molar-refractivity contribution >= 4 is 21.6 Å². The molecule has 1 saturated heterocycles. The Morgan fingerprint density at radius 3 is 2.19 bits per heavy atom. The Bertz CT molecular complexity index is 642. The molecule has 114 valence electrons. The number of amidine groups is 1. The third kappa shape index (κ3) is 3.91. The SMILES string of the molecule is CC(=O)/C(=N\S(=O)(=O)c1ccc(C)cc1)N1CCCCC1. The molecule has 1 fully saturated rings. The molecule has 0 aromatic heterocycles. The molecule has 1 aromatic rings. The van der Waals surface area contributed by atoms with Gasteiger partial charge in [0, 0.05) is 20.0 Å². The maximum atomic E-state index is 12.3. The third-order valence-electron chi connectivity index (χ3n) is 3.50. The second kappa shape index (κ2) is 6.39. The van der Waals surface area contributed by atoms with Crippen LogP contribution < -0.4 is 0 Å². The van der Waals surface area contributed by atoms with Gasteiger partial charge in [-0.2, -0.15) is 8.42 Å². The van der Waals surface area contributed by atoms with Gasteiger partial charge >= 0.3 is 0 Å². The second-order valence-electron chi connectivity index (χ2n) is 5.31. The summed E-state index contributed by atoms with van der Waals surface area (Å²) in [4.78, 5) is 13.7. The van der Waals surface area contributed by atoms with Crippen LogP contribution in [-0.2, 0) is 14.8 Å². The molecule has 0 atom stereocenters. The van der Waals surface area contributed by atoms with Crippen LogP contribution in [0.4, 0.5) is 0 Å². The van der Waals surface area contributed by atoms with Crippen LogP contribution in [0.5, 0.6) is 0 Å². The number of Topliss-reactive ketones (excluding diaryl/α,β-unsaturated/α-hetero) is 1. The summed E-state index contributed by atoms with van der Waals surface area (Å²) < 4.78 is 28.5. The molecule has 0 aliphatic carbocycles. The molecule has 1 aliphatic rings. The van der Waals surface area contributed by atoms with Crippen LogP contribution in [0.2, 0.25) is 0 Å². The van der Waals surface area contributed by atoms with Gasteiger partial charge in [-0.25, -0.2) is 0 Å². The fraction of sp³-hybridized carbons (Fsp3) is 0.467. The fourth-order valence-electron chi connectivity index (χ4n) is 2.33. The molecular formula is C15H20N2O3S. The van der Waals surface area contributed by atoms with Crippen molar-refractivity contribution in [2.75, 3.05) is 13.1 Å². The molecule has 1 heterocycles. The second-order valence-corrected chi connectivity index (χ2v) is 6.91. The van der Waals surface area contributed by atoms with E-state index >= 15 is 0 Å². The molecule has 0 unspecified atom stereocenters. The zero-order valence-corrected chi connectivity index (χ0v) is 13.2. The number of carbonyl (C=O) groups excluding carboxylic acids is 1. The number of rotatable bonds is 3. The molecule has 5 nitrogen and oxygen atoms in total. The number of aryl methyl sites for hydroxylation is 1. The lowest BCUT2D eigenvalue weighted by molar-refractivity contribution is -0.111. The minimum Gasteiger partial charge on any atom is -0.353 e. The van der Waals surface area contributed by atoms with E-state index in [1.807, 2.05) is 6.92 Å². The van der Waals surface area contributed by atoms with E-state index in [4.69, 9.17) is 0 Å². The van der Waals surface area contributed by atoms with Crippen LogP contribution in [0.3, 0.4) is 0 Å². The minimum absolute atomic E-state index is 0.0512. The Morgan fingerprint density at radius 1 is 1.10 bits per heavy atom. The van der Waals surface area contributed by atoms with Crippen LogP contribution in [0.25, 0.3) is 0 Å². The number of sulfonamides is 1. The number of hydrogen-bond donors (Lipinski definition) is 0. The normalized spacial score (nSPS) is 16.9. The number of benzene rings is 1. The first-order valence-electron chi connectivity index (χ1n) is 7.08. The van der Waals surface area contributed by atoms with Crippen LogP contribution in [0.1, 0.15) is 31.7 Å². The predicted octanol–water partition coefficient (Wildman–Crippen LogP) is 2.16. The zero-order valence-electron chi connectivity index (χ0n) is 12.4. The average molecular weight is 308 g/mol.